The molecule has 0 aliphatic heterocycles. The van der Waals surface area contributed by atoms with Crippen LogP contribution in [0.4, 0.5) is 5.82 Å². The van der Waals surface area contributed by atoms with Gasteiger partial charge in [-0.05, 0) is 25.2 Å². The molecular weight excluding hydrogens is 220 g/mol. The highest BCUT2D eigenvalue weighted by molar-refractivity contribution is 7.98. The molecule has 3 N–H and O–H groups in total. The Kier molecular flexibility index (Phi) is 4.01. The smallest absolute Gasteiger partial charge is 0.189 e. The van der Waals surface area contributed by atoms with Gasteiger partial charge >= 0.3 is 0 Å². The van der Waals surface area contributed by atoms with E-state index in [9.17, 15) is 0 Å². The van der Waals surface area contributed by atoms with E-state index < -0.39 is 0 Å². The van der Waals surface area contributed by atoms with Crippen LogP contribution in [0, 0.1) is 0 Å². The van der Waals surface area contributed by atoms with Gasteiger partial charge in [-0.2, -0.15) is 0 Å². The lowest BCUT2D eigenvalue weighted by molar-refractivity contribution is 0.403. The Balaban J connectivity index is 2.01. The predicted octanol–water partition coefficient (Wildman–Crippen LogP) is 1.88. The summed E-state index contributed by atoms with van der Waals surface area (Å²) in [5, 5.41) is 4.22. The van der Waals surface area contributed by atoms with Crippen LogP contribution >= 0.6 is 11.8 Å². The van der Waals surface area contributed by atoms with E-state index in [1.807, 2.05) is 12.3 Å². The van der Waals surface area contributed by atoms with Crippen molar-refractivity contribution in [2.75, 3.05) is 11.6 Å². The van der Waals surface area contributed by atoms with Crippen LogP contribution in [-0.4, -0.2) is 28.3 Å². The van der Waals surface area contributed by atoms with Gasteiger partial charge < -0.3 is 11.1 Å². The van der Waals surface area contributed by atoms with Gasteiger partial charge in [0.05, 0.1) is 0 Å². The van der Waals surface area contributed by atoms with E-state index in [1.54, 1.807) is 18.0 Å². The maximum Gasteiger partial charge on any atom is 0.189 e. The molecule has 0 saturated heterocycles. The van der Waals surface area contributed by atoms with Crippen LogP contribution < -0.4 is 11.1 Å². The number of rotatable bonds is 3. The second-order valence-electron chi connectivity index (χ2n) is 4.13. The van der Waals surface area contributed by atoms with Crippen LogP contribution in [0.15, 0.2) is 17.4 Å². The minimum atomic E-state index is 0.251. The Morgan fingerprint density at radius 2 is 2.25 bits per heavy atom. The molecule has 1 aromatic rings. The summed E-state index contributed by atoms with van der Waals surface area (Å²) in [4.78, 5) is 8.56. The maximum atomic E-state index is 6.09. The van der Waals surface area contributed by atoms with Crippen molar-refractivity contribution >= 4 is 17.6 Å². The van der Waals surface area contributed by atoms with E-state index >= 15 is 0 Å². The van der Waals surface area contributed by atoms with Crippen LogP contribution in [-0.2, 0) is 0 Å². The molecule has 16 heavy (non-hydrogen) atoms. The summed E-state index contributed by atoms with van der Waals surface area (Å²) in [7, 11) is 0. The molecule has 1 saturated carbocycles. The highest BCUT2D eigenvalue weighted by Crippen LogP contribution is 2.20. The van der Waals surface area contributed by atoms with Crippen molar-refractivity contribution in [3.8, 4) is 0 Å². The Labute approximate surface area is 100 Å². The van der Waals surface area contributed by atoms with Gasteiger partial charge in [-0.1, -0.05) is 24.6 Å². The SMILES string of the molecule is CSc1nccc(N[C@H]2CCCC[C@H]2N)n1. The molecular formula is C11H18N4S. The molecule has 0 bridgehead atoms. The minimum absolute atomic E-state index is 0.251. The van der Waals surface area contributed by atoms with Gasteiger partial charge in [0.2, 0.25) is 0 Å². The monoisotopic (exact) mass is 238 g/mol. The zero-order valence-corrected chi connectivity index (χ0v) is 10.3. The van der Waals surface area contributed by atoms with Gasteiger partial charge in [0, 0.05) is 18.3 Å². The lowest BCUT2D eigenvalue weighted by Crippen LogP contribution is -2.42. The zero-order valence-electron chi connectivity index (χ0n) is 9.52. The molecule has 88 valence electrons. The molecule has 2 rings (SSSR count). The molecule has 1 aliphatic rings. The van der Waals surface area contributed by atoms with Crippen LogP contribution in [0.1, 0.15) is 25.7 Å². The Hall–Kier alpha value is -0.810. The molecule has 0 unspecified atom stereocenters. The first kappa shape index (κ1) is 11.7. The number of nitrogens with two attached hydrogens (primary N) is 1. The predicted molar refractivity (Wildman–Crippen MR) is 67.7 cm³/mol. The summed E-state index contributed by atoms with van der Waals surface area (Å²) in [6.45, 7) is 0. The fourth-order valence-electron chi connectivity index (χ4n) is 2.05. The topological polar surface area (TPSA) is 63.8 Å². The molecule has 2 atom stereocenters. The molecule has 0 radical (unpaired) electrons. The van der Waals surface area contributed by atoms with E-state index in [0.29, 0.717) is 6.04 Å². The number of hydrogen-bond donors (Lipinski definition) is 2. The summed E-state index contributed by atoms with van der Waals surface area (Å²) < 4.78 is 0. The summed E-state index contributed by atoms with van der Waals surface area (Å²) in [5.74, 6) is 0.890. The van der Waals surface area contributed by atoms with E-state index in [2.05, 4.69) is 15.3 Å². The summed E-state index contributed by atoms with van der Waals surface area (Å²) in [5.41, 5.74) is 6.09. The van der Waals surface area contributed by atoms with Crippen molar-refractivity contribution in [1.82, 2.24) is 9.97 Å². The van der Waals surface area contributed by atoms with Gasteiger partial charge in [0.15, 0.2) is 5.16 Å². The fraction of sp³-hybridized carbons (Fsp3) is 0.636. The summed E-state index contributed by atoms with van der Waals surface area (Å²) in [6.07, 6.45) is 8.52. The van der Waals surface area contributed by atoms with Crippen LogP contribution in [0.3, 0.4) is 0 Å². The van der Waals surface area contributed by atoms with Crippen LogP contribution in [0.5, 0.6) is 0 Å². The lowest BCUT2D eigenvalue weighted by Gasteiger charge is -2.29. The first-order valence-electron chi connectivity index (χ1n) is 5.69. The third kappa shape index (κ3) is 2.86. The van der Waals surface area contributed by atoms with Crippen LogP contribution in [0.2, 0.25) is 0 Å². The zero-order chi connectivity index (χ0) is 11.4. The minimum Gasteiger partial charge on any atom is -0.366 e. The van der Waals surface area contributed by atoms with Gasteiger partial charge in [-0.15, -0.1) is 0 Å². The number of aromatic nitrogens is 2. The quantitative estimate of drug-likeness (QED) is 0.622. The number of anilines is 1. The normalized spacial score (nSPS) is 25.4. The third-order valence-electron chi connectivity index (χ3n) is 2.97. The lowest BCUT2D eigenvalue weighted by atomic mass is 9.91. The standard InChI is InChI=1S/C11H18N4S/c1-16-11-13-7-6-10(15-11)14-9-5-3-2-4-8(9)12/h6-9H,2-5,12H2,1H3,(H,13,14,15)/t8-,9+/m1/s1. The number of nitrogens with one attached hydrogen (secondary N) is 1. The van der Waals surface area contributed by atoms with Gasteiger partial charge in [-0.3, -0.25) is 0 Å². The highest BCUT2D eigenvalue weighted by atomic mass is 32.2. The molecule has 0 spiro atoms. The van der Waals surface area contributed by atoms with E-state index in [4.69, 9.17) is 5.73 Å². The van der Waals surface area contributed by atoms with Crippen molar-refractivity contribution in [3.63, 3.8) is 0 Å². The molecule has 4 nitrogen and oxygen atoms in total. The second-order valence-corrected chi connectivity index (χ2v) is 4.90. The molecule has 1 aromatic heterocycles. The maximum absolute atomic E-state index is 6.09. The van der Waals surface area contributed by atoms with Gasteiger partial charge in [-0.25, -0.2) is 9.97 Å². The average molecular weight is 238 g/mol. The summed E-state index contributed by atoms with van der Waals surface area (Å²) in [6, 6.07) is 2.51. The Morgan fingerprint density at radius 1 is 1.44 bits per heavy atom. The highest BCUT2D eigenvalue weighted by Gasteiger charge is 2.21. The molecule has 1 fully saturated rings. The van der Waals surface area contributed by atoms with Crippen molar-refractivity contribution in [2.24, 2.45) is 5.73 Å². The van der Waals surface area contributed by atoms with E-state index in [-0.39, 0.29) is 6.04 Å². The fourth-order valence-corrected chi connectivity index (χ4v) is 2.40. The Bertz CT molecular complexity index is 345. The van der Waals surface area contributed by atoms with Gasteiger partial charge in [0.25, 0.3) is 0 Å². The number of nitrogens with zero attached hydrogens (tertiary/aromatic N) is 2. The summed E-state index contributed by atoms with van der Waals surface area (Å²) >= 11 is 1.55. The third-order valence-corrected chi connectivity index (χ3v) is 3.53. The first-order chi connectivity index (χ1) is 7.79. The second kappa shape index (κ2) is 5.50. The molecule has 0 aromatic carbocycles. The van der Waals surface area contributed by atoms with Crippen molar-refractivity contribution in [3.05, 3.63) is 12.3 Å². The number of hydrogen-bond acceptors (Lipinski definition) is 5. The molecule has 1 aliphatic carbocycles. The van der Waals surface area contributed by atoms with Crippen LogP contribution in [0.25, 0.3) is 0 Å². The van der Waals surface area contributed by atoms with Gasteiger partial charge in [0.1, 0.15) is 5.82 Å². The molecule has 5 heteroatoms. The average Bonchev–Trinajstić information content (AvgIpc) is 2.32. The largest absolute Gasteiger partial charge is 0.366 e. The molecule has 1 heterocycles. The van der Waals surface area contributed by atoms with Crippen molar-refractivity contribution < 1.29 is 0 Å². The Morgan fingerprint density at radius 3 is 3.00 bits per heavy atom. The van der Waals surface area contributed by atoms with E-state index in [1.165, 1.54) is 12.8 Å². The molecule has 0 amide bonds. The van der Waals surface area contributed by atoms with Crippen molar-refractivity contribution in [2.45, 2.75) is 42.9 Å². The first-order valence-corrected chi connectivity index (χ1v) is 6.91. The van der Waals surface area contributed by atoms with E-state index in [0.717, 1.165) is 23.8 Å². The number of thioether (sulfide) groups is 1. The van der Waals surface area contributed by atoms with Crippen molar-refractivity contribution in [1.29, 1.82) is 0 Å².